The van der Waals surface area contributed by atoms with Crippen molar-refractivity contribution < 1.29 is 14.3 Å². The number of carbonyl (C=O) groups excluding carboxylic acids is 2. The van der Waals surface area contributed by atoms with Crippen molar-refractivity contribution in [2.75, 3.05) is 20.6 Å². The summed E-state index contributed by atoms with van der Waals surface area (Å²) in [4.78, 5) is 26.8. The number of Topliss-reactive ketones (excluding diaryl/α,β-unsaturated/α-hetero) is 1. The molecule has 0 heterocycles. The van der Waals surface area contributed by atoms with Crippen LogP contribution in [0.15, 0.2) is 34.9 Å². The number of carbonyl (C=O) groups is 2. The second-order valence-electron chi connectivity index (χ2n) is 7.74. The number of allylic oxidation sites excluding steroid dienone is 5. The van der Waals surface area contributed by atoms with E-state index in [1.54, 1.807) is 0 Å². The van der Waals surface area contributed by atoms with Crippen LogP contribution in [0.25, 0.3) is 0 Å². The molecule has 0 saturated heterocycles. The Bertz CT molecular complexity index is 594. The van der Waals surface area contributed by atoms with E-state index in [1.807, 2.05) is 58.0 Å². The molecule has 4 nitrogen and oxygen atoms in total. The zero-order valence-corrected chi connectivity index (χ0v) is 16.8. The van der Waals surface area contributed by atoms with Crippen LogP contribution >= 0.6 is 0 Å². The van der Waals surface area contributed by atoms with E-state index in [9.17, 15) is 9.59 Å². The zero-order chi connectivity index (χ0) is 19.2. The molecular weight excluding hydrogens is 314 g/mol. The Morgan fingerprint density at radius 3 is 2.56 bits per heavy atom. The molecule has 1 aliphatic rings. The predicted molar refractivity (Wildman–Crippen MR) is 102 cm³/mol. The van der Waals surface area contributed by atoms with Crippen molar-refractivity contribution in [3.8, 4) is 0 Å². The molecule has 0 aromatic heterocycles. The zero-order valence-electron chi connectivity index (χ0n) is 16.8. The minimum atomic E-state index is -0.665. The molecule has 4 heteroatoms. The number of ether oxygens (including phenoxy) is 1. The SMILES string of the molecule is CC=C(C)C=CC1=C(C)C(=O)C(OC(=O)CCCN(C)C)CC1(C)C. The highest BCUT2D eigenvalue weighted by molar-refractivity contribution is 6.01. The Balaban J connectivity index is 2.86. The van der Waals surface area contributed by atoms with Gasteiger partial charge in [0.05, 0.1) is 0 Å². The Hall–Kier alpha value is -1.68. The molecule has 0 bridgehead atoms. The van der Waals surface area contributed by atoms with Crippen molar-refractivity contribution in [2.45, 2.75) is 60.0 Å². The fraction of sp³-hybridized carbons (Fsp3) is 0.619. The normalized spacial score (nSPS) is 21.4. The maximum absolute atomic E-state index is 12.7. The number of hydrogen-bond acceptors (Lipinski definition) is 4. The van der Waals surface area contributed by atoms with Crippen LogP contribution in [0.2, 0.25) is 0 Å². The Morgan fingerprint density at radius 2 is 2.00 bits per heavy atom. The first-order chi connectivity index (χ1) is 11.6. The van der Waals surface area contributed by atoms with Gasteiger partial charge in [-0.2, -0.15) is 0 Å². The number of esters is 1. The summed E-state index contributed by atoms with van der Waals surface area (Å²) in [6.45, 7) is 10.9. The second kappa shape index (κ2) is 9.14. The van der Waals surface area contributed by atoms with Crippen molar-refractivity contribution in [3.63, 3.8) is 0 Å². The van der Waals surface area contributed by atoms with Gasteiger partial charge in [0.1, 0.15) is 0 Å². The third kappa shape index (κ3) is 6.28. The van der Waals surface area contributed by atoms with E-state index in [4.69, 9.17) is 4.74 Å². The summed E-state index contributed by atoms with van der Waals surface area (Å²) in [5.41, 5.74) is 2.66. The summed E-state index contributed by atoms with van der Waals surface area (Å²) < 4.78 is 5.51. The second-order valence-corrected chi connectivity index (χ2v) is 7.74. The van der Waals surface area contributed by atoms with E-state index in [-0.39, 0.29) is 17.2 Å². The van der Waals surface area contributed by atoms with E-state index in [0.717, 1.165) is 24.1 Å². The van der Waals surface area contributed by atoms with Gasteiger partial charge >= 0.3 is 5.97 Å². The Morgan fingerprint density at radius 1 is 1.36 bits per heavy atom. The molecule has 0 aromatic rings. The number of ketones is 1. The molecular formula is C21H33NO3. The van der Waals surface area contributed by atoms with Gasteiger partial charge in [-0.1, -0.05) is 37.6 Å². The van der Waals surface area contributed by atoms with Crippen LogP contribution in [0.3, 0.4) is 0 Å². The van der Waals surface area contributed by atoms with Gasteiger partial charge in [-0.25, -0.2) is 0 Å². The predicted octanol–water partition coefficient (Wildman–Crippen LogP) is 4.08. The lowest BCUT2D eigenvalue weighted by atomic mass is 9.71. The van der Waals surface area contributed by atoms with Crippen molar-refractivity contribution >= 4 is 11.8 Å². The van der Waals surface area contributed by atoms with E-state index in [0.29, 0.717) is 18.4 Å². The topological polar surface area (TPSA) is 46.6 Å². The molecule has 0 spiro atoms. The number of nitrogens with zero attached hydrogens (tertiary/aromatic N) is 1. The lowest BCUT2D eigenvalue weighted by Crippen LogP contribution is -2.39. The first kappa shape index (κ1) is 21.4. The molecule has 0 fully saturated rings. The molecule has 0 amide bonds. The Labute approximate surface area is 152 Å². The van der Waals surface area contributed by atoms with Gasteiger partial charge in [-0.3, -0.25) is 9.59 Å². The smallest absolute Gasteiger partial charge is 0.306 e. The van der Waals surface area contributed by atoms with E-state index >= 15 is 0 Å². The molecule has 1 aliphatic carbocycles. The minimum Gasteiger partial charge on any atom is -0.454 e. The quantitative estimate of drug-likeness (QED) is 0.514. The average molecular weight is 347 g/mol. The van der Waals surface area contributed by atoms with Gasteiger partial charge in [-0.15, -0.1) is 0 Å². The first-order valence-corrected chi connectivity index (χ1v) is 8.99. The molecule has 1 atom stereocenters. The maximum atomic E-state index is 12.7. The van der Waals surface area contributed by atoms with Crippen LogP contribution in [-0.2, 0) is 14.3 Å². The molecule has 1 unspecified atom stereocenters. The lowest BCUT2D eigenvalue weighted by molar-refractivity contribution is -0.156. The molecule has 0 saturated carbocycles. The highest BCUT2D eigenvalue weighted by Gasteiger charge is 2.39. The Kier molecular flexibility index (Phi) is 7.81. The van der Waals surface area contributed by atoms with Crippen molar-refractivity contribution in [2.24, 2.45) is 5.41 Å². The molecule has 25 heavy (non-hydrogen) atoms. The first-order valence-electron chi connectivity index (χ1n) is 8.99. The lowest BCUT2D eigenvalue weighted by Gasteiger charge is -2.36. The summed E-state index contributed by atoms with van der Waals surface area (Å²) in [5, 5.41) is 0. The van der Waals surface area contributed by atoms with Crippen molar-refractivity contribution in [1.82, 2.24) is 4.90 Å². The van der Waals surface area contributed by atoms with Gasteiger partial charge < -0.3 is 9.64 Å². The summed E-state index contributed by atoms with van der Waals surface area (Å²) >= 11 is 0. The van der Waals surface area contributed by atoms with E-state index in [1.165, 1.54) is 0 Å². The van der Waals surface area contributed by atoms with Gasteiger partial charge in [0.2, 0.25) is 0 Å². The molecule has 0 aromatic carbocycles. The summed E-state index contributed by atoms with van der Waals surface area (Å²) in [6, 6.07) is 0. The number of hydrogen-bond donors (Lipinski definition) is 0. The van der Waals surface area contributed by atoms with E-state index in [2.05, 4.69) is 13.8 Å². The highest BCUT2D eigenvalue weighted by Crippen LogP contribution is 2.40. The van der Waals surface area contributed by atoms with Gasteiger partial charge in [0.25, 0.3) is 0 Å². The minimum absolute atomic E-state index is 0.0712. The average Bonchev–Trinajstić information content (AvgIpc) is 2.51. The molecule has 0 N–H and O–H groups in total. The largest absolute Gasteiger partial charge is 0.454 e. The van der Waals surface area contributed by atoms with Crippen LogP contribution < -0.4 is 0 Å². The molecule has 0 aliphatic heterocycles. The van der Waals surface area contributed by atoms with Crippen molar-refractivity contribution in [1.29, 1.82) is 0 Å². The standard InChI is InChI=1S/C21H33NO3/c1-8-15(2)11-12-17-16(3)20(24)18(14-21(17,4)5)25-19(23)10-9-13-22(6)7/h8,11-12,18H,9-10,13-14H2,1-7H3. The van der Waals surface area contributed by atoms with Crippen LogP contribution in [0.1, 0.15) is 53.9 Å². The fourth-order valence-corrected chi connectivity index (χ4v) is 3.06. The summed E-state index contributed by atoms with van der Waals surface area (Å²) in [7, 11) is 3.94. The molecule has 0 radical (unpaired) electrons. The maximum Gasteiger partial charge on any atom is 0.306 e. The van der Waals surface area contributed by atoms with Crippen LogP contribution in [-0.4, -0.2) is 43.4 Å². The van der Waals surface area contributed by atoms with E-state index < -0.39 is 6.10 Å². The van der Waals surface area contributed by atoms with Gasteiger partial charge in [0.15, 0.2) is 11.9 Å². The highest BCUT2D eigenvalue weighted by atomic mass is 16.5. The molecule has 1 rings (SSSR count). The molecule has 140 valence electrons. The van der Waals surface area contributed by atoms with Gasteiger partial charge in [0, 0.05) is 12.8 Å². The number of rotatable bonds is 7. The van der Waals surface area contributed by atoms with Crippen molar-refractivity contribution in [3.05, 3.63) is 34.9 Å². The van der Waals surface area contributed by atoms with Crippen LogP contribution in [0, 0.1) is 5.41 Å². The monoisotopic (exact) mass is 347 g/mol. The van der Waals surface area contributed by atoms with Gasteiger partial charge in [-0.05, 0) is 64.4 Å². The third-order valence-electron chi connectivity index (χ3n) is 4.72. The van der Waals surface area contributed by atoms with Crippen LogP contribution in [0.4, 0.5) is 0 Å². The summed E-state index contributed by atoms with van der Waals surface area (Å²) in [6.07, 6.45) is 7.03. The fourth-order valence-electron chi connectivity index (χ4n) is 3.06. The third-order valence-corrected chi connectivity index (χ3v) is 4.72. The summed E-state index contributed by atoms with van der Waals surface area (Å²) in [5.74, 6) is -0.356. The van der Waals surface area contributed by atoms with Crippen LogP contribution in [0.5, 0.6) is 0 Å².